The van der Waals surface area contributed by atoms with Crippen LogP contribution in [0.15, 0.2) is 10.2 Å². The molecule has 2 heterocycles. The van der Waals surface area contributed by atoms with Crippen LogP contribution in [0.1, 0.15) is 6.42 Å². The van der Waals surface area contributed by atoms with E-state index in [0.717, 1.165) is 0 Å². The van der Waals surface area contributed by atoms with E-state index in [0.29, 0.717) is 0 Å². The van der Waals surface area contributed by atoms with Gasteiger partial charge in [0.05, 0.1) is 30.8 Å². The third-order valence-corrected chi connectivity index (χ3v) is 7.21. The van der Waals surface area contributed by atoms with Crippen molar-refractivity contribution in [3.63, 3.8) is 0 Å². The van der Waals surface area contributed by atoms with E-state index in [1.165, 1.54) is 0 Å². The molecule has 1 saturated carbocycles. The molecule has 1 aliphatic carbocycles. The Morgan fingerprint density at radius 1 is 0.854 bits per heavy atom. The van der Waals surface area contributed by atoms with Crippen molar-refractivity contribution in [3.05, 3.63) is 20.9 Å². The molecule has 232 valence electrons. The van der Waals surface area contributed by atoms with Gasteiger partial charge in [-0.1, -0.05) is 10.2 Å². The average molecular weight is 593 g/mol. The Kier molecular flexibility index (Phi) is 11.8. The van der Waals surface area contributed by atoms with Crippen molar-refractivity contribution in [1.29, 1.82) is 0 Å². The van der Waals surface area contributed by atoms with Gasteiger partial charge in [-0.2, -0.15) is 0 Å². The van der Waals surface area contributed by atoms with E-state index in [-0.39, 0.29) is 19.5 Å². The SMILES string of the molecule is [N-]=[N+]=NCC(=O)N[C@@H]1CC(N)[C@@H](O[C@H]2OC(CN)[C@@H](O)[C@H](O)C2O)[C@H](O)C1O[C@H]1OC(CN=[N+]=[N-])[C@@H](O)C(N)[C@H]1O. The van der Waals surface area contributed by atoms with Crippen LogP contribution < -0.4 is 22.5 Å². The summed E-state index contributed by atoms with van der Waals surface area (Å²) < 4.78 is 22.6. The molecule has 0 aromatic carbocycles. The van der Waals surface area contributed by atoms with Crippen molar-refractivity contribution in [2.75, 3.05) is 19.6 Å². The highest BCUT2D eigenvalue weighted by Crippen LogP contribution is 2.32. The number of azide groups is 2. The van der Waals surface area contributed by atoms with Gasteiger partial charge in [-0.25, -0.2) is 0 Å². The van der Waals surface area contributed by atoms with Crippen LogP contribution in [0.5, 0.6) is 0 Å². The second-order valence-corrected chi connectivity index (χ2v) is 9.92. The molecular weight excluding hydrogens is 556 g/mol. The number of ether oxygens (including phenoxy) is 4. The summed E-state index contributed by atoms with van der Waals surface area (Å²) in [4.78, 5) is 17.4. The number of rotatable bonds is 10. The molecular formula is C20H36N10O11. The highest BCUT2D eigenvalue weighted by atomic mass is 16.7. The third-order valence-electron chi connectivity index (χ3n) is 7.21. The summed E-state index contributed by atoms with van der Waals surface area (Å²) in [5, 5.41) is 72.0. The molecule has 3 rings (SSSR count). The fourth-order valence-corrected chi connectivity index (χ4v) is 4.96. The molecule has 21 heteroatoms. The molecule has 0 bridgehead atoms. The van der Waals surface area contributed by atoms with Crippen LogP contribution in [0.4, 0.5) is 0 Å². The molecule has 3 fully saturated rings. The first-order chi connectivity index (χ1) is 19.4. The summed E-state index contributed by atoms with van der Waals surface area (Å²) in [5.74, 6) is -0.757. The van der Waals surface area contributed by atoms with Crippen molar-refractivity contribution in [2.24, 2.45) is 27.4 Å². The van der Waals surface area contributed by atoms with Crippen LogP contribution in [-0.2, 0) is 23.7 Å². The maximum Gasteiger partial charge on any atom is 0.226 e. The molecule has 21 nitrogen and oxygen atoms in total. The minimum atomic E-state index is -1.77. The van der Waals surface area contributed by atoms with Gasteiger partial charge in [0.2, 0.25) is 5.91 Å². The van der Waals surface area contributed by atoms with E-state index in [4.69, 9.17) is 47.2 Å². The molecule has 0 radical (unpaired) electrons. The van der Waals surface area contributed by atoms with Gasteiger partial charge in [-0.3, -0.25) is 4.79 Å². The van der Waals surface area contributed by atoms with Crippen LogP contribution >= 0.6 is 0 Å². The zero-order valence-corrected chi connectivity index (χ0v) is 21.6. The quantitative estimate of drug-likeness (QED) is 0.0642. The Morgan fingerprint density at radius 2 is 1.46 bits per heavy atom. The van der Waals surface area contributed by atoms with Crippen LogP contribution in [0, 0.1) is 0 Å². The molecule has 0 aromatic heterocycles. The normalized spacial score (nSPS) is 44.8. The van der Waals surface area contributed by atoms with Gasteiger partial charge in [0.15, 0.2) is 12.6 Å². The number of nitrogens with one attached hydrogen (secondary N) is 1. The first-order valence-corrected chi connectivity index (χ1v) is 12.7. The minimum absolute atomic E-state index is 0.137. The summed E-state index contributed by atoms with van der Waals surface area (Å²) in [5.41, 5.74) is 34.9. The number of aliphatic hydroxyl groups excluding tert-OH is 6. The molecule has 6 unspecified atom stereocenters. The number of hydrogen-bond donors (Lipinski definition) is 10. The number of amides is 1. The summed E-state index contributed by atoms with van der Waals surface area (Å²) >= 11 is 0. The molecule has 1 amide bonds. The summed E-state index contributed by atoms with van der Waals surface area (Å²) in [7, 11) is 0. The van der Waals surface area contributed by atoms with E-state index in [2.05, 4.69) is 25.4 Å². The lowest BCUT2D eigenvalue weighted by atomic mass is 9.83. The van der Waals surface area contributed by atoms with Gasteiger partial charge < -0.3 is 72.1 Å². The summed E-state index contributed by atoms with van der Waals surface area (Å²) in [6.07, 6.45) is -18.3. The van der Waals surface area contributed by atoms with E-state index >= 15 is 0 Å². The number of hydrogen-bond acceptors (Lipinski definition) is 16. The van der Waals surface area contributed by atoms with E-state index in [9.17, 15) is 35.4 Å². The van der Waals surface area contributed by atoms with Crippen molar-refractivity contribution in [3.8, 4) is 0 Å². The highest BCUT2D eigenvalue weighted by molar-refractivity contribution is 5.78. The lowest BCUT2D eigenvalue weighted by molar-refractivity contribution is -0.331. The zero-order chi connectivity index (χ0) is 30.4. The summed E-state index contributed by atoms with van der Waals surface area (Å²) in [6, 6.07) is -3.46. The molecule has 13 N–H and O–H groups in total. The lowest BCUT2D eigenvalue weighted by Gasteiger charge is -2.48. The second kappa shape index (κ2) is 14.6. The van der Waals surface area contributed by atoms with Crippen LogP contribution in [0.2, 0.25) is 0 Å². The van der Waals surface area contributed by atoms with Crippen LogP contribution in [-0.4, -0.2) is 148 Å². The van der Waals surface area contributed by atoms with Crippen molar-refractivity contribution >= 4 is 5.91 Å². The second-order valence-electron chi connectivity index (χ2n) is 9.92. The molecule has 2 saturated heterocycles. The van der Waals surface area contributed by atoms with Crippen LogP contribution in [0.25, 0.3) is 20.9 Å². The van der Waals surface area contributed by atoms with Gasteiger partial charge in [-0.15, -0.1) is 0 Å². The Morgan fingerprint density at radius 3 is 2.10 bits per heavy atom. The average Bonchev–Trinajstić information content (AvgIpc) is 2.95. The fraction of sp³-hybridized carbons (Fsp3) is 0.950. The maximum atomic E-state index is 12.3. The van der Waals surface area contributed by atoms with Gasteiger partial charge in [-0.05, 0) is 17.5 Å². The first-order valence-electron chi connectivity index (χ1n) is 12.7. The van der Waals surface area contributed by atoms with Crippen molar-refractivity contribution < 1.29 is 54.4 Å². The number of nitrogens with two attached hydrogens (primary N) is 3. The highest BCUT2D eigenvalue weighted by Gasteiger charge is 2.52. The van der Waals surface area contributed by atoms with Crippen molar-refractivity contribution in [1.82, 2.24) is 5.32 Å². The summed E-state index contributed by atoms with van der Waals surface area (Å²) in [6.45, 7) is -1.21. The lowest BCUT2D eigenvalue weighted by Crippen LogP contribution is -2.69. The Bertz CT molecular complexity index is 986. The number of carbonyl (C=O) groups excluding carboxylic acids is 1. The first kappa shape index (κ1) is 33.1. The largest absolute Gasteiger partial charge is 0.389 e. The van der Waals surface area contributed by atoms with Gasteiger partial charge in [0.25, 0.3) is 0 Å². The van der Waals surface area contributed by atoms with E-state index in [1.807, 2.05) is 0 Å². The molecule has 3 aliphatic rings. The Hall–Kier alpha value is -2.43. The predicted molar refractivity (Wildman–Crippen MR) is 133 cm³/mol. The van der Waals surface area contributed by atoms with Crippen molar-refractivity contribution in [2.45, 2.75) is 98.2 Å². The Labute approximate surface area is 232 Å². The van der Waals surface area contributed by atoms with E-state index < -0.39 is 104 Å². The fourth-order valence-electron chi connectivity index (χ4n) is 4.96. The molecule has 0 aromatic rings. The number of aliphatic hydroxyl groups is 6. The maximum absolute atomic E-state index is 12.3. The molecule has 15 atom stereocenters. The molecule has 0 spiro atoms. The smallest absolute Gasteiger partial charge is 0.226 e. The van der Waals surface area contributed by atoms with Gasteiger partial charge >= 0.3 is 0 Å². The predicted octanol–water partition coefficient (Wildman–Crippen LogP) is -5.51. The Balaban J connectivity index is 1.86. The zero-order valence-electron chi connectivity index (χ0n) is 21.6. The van der Waals surface area contributed by atoms with Crippen LogP contribution in [0.3, 0.4) is 0 Å². The molecule has 41 heavy (non-hydrogen) atoms. The number of nitrogens with zero attached hydrogens (tertiary/aromatic N) is 6. The molecule has 2 aliphatic heterocycles. The standard InChI is InChI=1S/C20H36N10O11/c21-2-7-12(33)14(35)15(36)20(38-7)40-17-5(22)1-6(28-9(31)4-27-30-25)18(16(17)37)41-19-13(34)10(23)11(32)8(39-19)3-26-29-24/h5-8,10-20,32-37H,1-4,21-23H2,(H,28,31)/t5?,6-,7?,8?,10?,11-,12-,13-,14+,15?,16+,17-,18?,19-,20-/m1/s1. The third kappa shape index (κ3) is 7.51. The monoisotopic (exact) mass is 592 g/mol. The van der Waals surface area contributed by atoms with E-state index in [1.54, 1.807) is 0 Å². The van der Waals surface area contributed by atoms with Gasteiger partial charge in [0.1, 0.15) is 55.4 Å². The topological polar surface area (TPSA) is 363 Å². The minimum Gasteiger partial charge on any atom is -0.389 e. The van der Waals surface area contributed by atoms with Gasteiger partial charge in [0, 0.05) is 22.4 Å². The number of carbonyl (C=O) groups is 1.